The summed E-state index contributed by atoms with van der Waals surface area (Å²) in [7, 11) is 0. The summed E-state index contributed by atoms with van der Waals surface area (Å²) in [6.07, 6.45) is 4.93. The molecule has 1 aromatic carbocycles. The molecule has 1 N–H and O–H groups in total. The Morgan fingerprint density at radius 3 is 3.04 bits per heavy atom. The molecule has 0 amide bonds. The molecular formula is C18H23N3O2. The van der Waals surface area contributed by atoms with E-state index in [9.17, 15) is 0 Å². The summed E-state index contributed by atoms with van der Waals surface area (Å²) >= 11 is 0. The fourth-order valence-electron chi connectivity index (χ4n) is 2.65. The van der Waals surface area contributed by atoms with Crippen molar-refractivity contribution in [2.45, 2.75) is 32.5 Å². The van der Waals surface area contributed by atoms with Crippen LogP contribution in [-0.2, 0) is 13.1 Å². The van der Waals surface area contributed by atoms with E-state index in [4.69, 9.17) is 9.47 Å². The molecule has 0 fully saturated rings. The first-order chi connectivity index (χ1) is 11.3. The van der Waals surface area contributed by atoms with Gasteiger partial charge in [0.1, 0.15) is 12.7 Å². The van der Waals surface area contributed by atoms with E-state index in [0.29, 0.717) is 6.61 Å². The van der Waals surface area contributed by atoms with Gasteiger partial charge >= 0.3 is 0 Å². The molecule has 23 heavy (non-hydrogen) atoms. The third kappa shape index (κ3) is 3.93. The predicted octanol–water partition coefficient (Wildman–Crippen LogP) is 2.70. The molecule has 1 aliphatic rings. The van der Waals surface area contributed by atoms with Crippen LogP contribution in [0.3, 0.4) is 0 Å². The summed E-state index contributed by atoms with van der Waals surface area (Å²) < 4.78 is 13.6. The van der Waals surface area contributed by atoms with Gasteiger partial charge in [-0.25, -0.2) is 0 Å². The number of hydrogen-bond donors (Lipinski definition) is 1. The molecule has 1 aromatic heterocycles. The first-order valence-electron chi connectivity index (χ1n) is 7.99. The maximum atomic E-state index is 5.95. The Bertz CT molecular complexity index is 666. The Morgan fingerprint density at radius 1 is 1.39 bits per heavy atom. The molecule has 2 aromatic rings. The molecule has 1 atom stereocenters. The van der Waals surface area contributed by atoms with Crippen molar-refractivity contribution >= 4 is 0 Å². The molecule has 5 nitrogen and oxygen atoms in total. The van der Waals surface area contributed by atoms with Gasteiger partial charge in [0.2, 0.25) is 0 Å². The van der Waals surface area contributed by atoms with Crippen LogP contribution in [0.4, 0.5) is 0 Å². The molecule has 0 spiro atoms. The molecule has 122 valence electrons. The van der Waals surface area contributed by atoms with E-state index >= 15 is 0 Å². The van der Waals surface area contributed by atoms with Gasteiger partial charge in [-0.15, -0.1) is 6.58 Å². The van der Waals surface area contributed by atoms with Gasteiger partial charge in [0.05, 0.1) is 12.2 Å². The number of rotatable bonds is 7. The normalized spacial score (nSPS) is 16.3. The summed E-state index contributed by atoms with van der Waals surface area (Å²) in [5.74, 6) is 1.67. The van der Waals surface area contributed by atoms with Crippen LogP contribution in [0.5, 0.6) is 11.5 Å². The lowest BCUT2D eigenvalue weighted by atomic mass is 10.2. The number of nitrogens with one attached hydrogen (secondary N) is 1. The zero-order valence-corrected chi connectivity index (χ0v) is 13.5. The van der Waals surface area contributed by atoms with Gasteiger partial charge in [0.25, 0.3) is 0 Å². The molecule has 0 saturated carbocycles. The van der Waals surface area contributed by atoms with E-state index in [-0.39, 0.29) is 6.10 Å². The Morgan fingerprint density at radius 2 is 2.22 bits per heavy atom. The first kappa shape index (κ1) is 15.6. The lowest BCUT2D eigenvalue weighted by Crippen LogP contribution is -2.32. The van der Waals surface area contributed by atoms with Crippen molar-refractivity contribution in [3.63, 3.8) is 0 Å². The van der Waals surface area contributed by atoms with E-state index < -0.39 is 0 Å². The van der Waals surface area contributed by atoms with Crippen LogP contribution < -0.4 is 14.8 Å². The molecule has 2 heterocycles. The standard InChI is InChI=1S/C18H23N3O2/c1-3-10-21-12-15(14(2)20-21)11-19-9-8-16-13-22-17-6-4-5-7-18(17)23-16/h3-7,12,16,19H,1,8-11,13H2,2H3. The van der Waals surface area contributed by atoms with Crippen LogP contribution in [0.2, 0.25) is 0 Å². The number of ether oxygens (including phenoxy) is 2. The van der Waals surface area contributed by atoms with Crippen molar-refractivity contribution in [3.05, 3.63) is 54.4 Å². The summed E-state index contributed by atoms with van der Waals surface area (Å²) in [5, 5.41) is 7.91. The van der Waals surface area contributed by atoms with Gasteiger partial charge in [-0.3, -0.25) is 4.68 Å². The second kappa shape index (κ2) is 7.33. The smallest absolute Gasteiger partial charge is 0.161 e. The average molecular weight is 313 g/mol. The van der Waals surface area contributed by atoms with Crippen molar-refractivity contribution < 1.29 is 9.47 Å². The van der Waals surface area contributed by atoms with Crippen LogP contribution in [0.15, 0.2) is 43.1 Å². The number of aryl methyl sites for hydroxylation is 1. The van der Waals surface area contributed by atoms with Crippen molar-refractivity contribution in [3.8, 4) is 11.5 Å². The highest BCUT2D eigenvalue weighted by atomic mass is 16.6. The zero-order chi connectivity index (χ0) is 16.1. The second-order valence-electron chi connectivity index (χ2n) is 5.71. The van der Waals surface area contributed by atoms with E-state index in [1.54, 1.807) is 0 Å². The molecule has 5 heteroatoms. The topological polar surface area (TPSA) is 48.3 Å². The molecular weight excluding hydrogens is 290 g/mol. The van der Waals surface area contributed by atoms with Crippen molar-refractivity contribution in [2.75, 3.05) is 13.2 Å². The Kier molecular flexibility index (Phi) is 4.98. The number of hydrogen-bond acceptors (Lipinski definition) is 4. The number of aromatic nitrogens is 2. The highest BCUT2D eigenvalue weighted by molar-refractivity contribution is 5.40. The van der Waals surface area contributed by atoms with E-state index in [1.807, 2.05) is 41.9 Å². The lowest BCUT2D eigenvalue weighted by Gasteiger charge is -2.26. The Hall–Kier alpha value is -2.27. The largest absolute Gasteiger partial charge is 0.486 e. The van der Waals surface area contributed by atoms with Crippen molar-refractivity contribution in [1.29, 1.82) is 0 Å². The summed E-state index contributed by atoms with van der Waals surface area (Å²) in [6.45, 7) is 8.81. The van der Waals surface area contributed by atoms with E-state index in [0.717, 1.165) is 43.2 Å². The molecule has 0 saturated heterocycles. The Balaban J connectivity index is 1.43. The first-order valence-corrected chi connectivity index (χ1v) is 7.99. The number of para-hydroxylation sites is 2. The fourth-order valence-corrected chi connectivity index (χ4v) is 2.65. The van der Waals surface area contributed by atoms with E-state index in [2.05, 4.69) is 23.2 Å². The highest BCUT2D eigenvalue weighted by Gasteiger charge is 2.19. The molecule has 0 radical (unpaired) electrons. The number of fused-ring (bicyclic) bond motifs is 1. The third-order valence-electron chi connectivity index (χ3n) is 3.89. The molecule has 0 bridgehead atoms. The highest BCUT2D eigenvalue weighted by Crippen LogP contribution is 2.31. The third-order valence-corrected chi connectivity index (χ3v) is 3.89. The molecule has 3 rings (SSSR count). The van der Waals surface area contributed by atoms with Crippen molar-refractivity contribution in [2.24, 2.45) is 0 Å². The number of allylic oxidation sites excluding steroid dienone is 1. The minimum absolute atomic E-state index is 0.0991. The summed E-state index contributed by atoms with van der Waals surface area (Å²) in [5.41, 5.74) is 2.28. The van der Waals surface area contributed by atoms with Gasteiger partial charge in [-0.1, -0.05) is 18.2 Å². The van der Waals surface area contributed by atoms with Crippen LogP contribution in [0, 0.1) is 6.92 Å². The SMILES string of the molecule is C=CCn1cc(CNCCC2COc3ccccc3O2)c(C)n1. The van der Waals surface area contributed by atoms with E-state index in [1.165, 1.54) is 5.56 Å². The minimum atomic E-state index is 0.0991. The monoisotopic (exact) mass is 313 g/mol. The van der Waals surface area contributed by atoms with Crippen LogP contribution in [0.1, 0.15) is 17.7 Å². The zero-order valence-electron chi connectivity index (χ0n) is 13.5. The Labute approximate surface area is 136 Å². The number of benzene rings is 1. The summed E-state index contributed by atoms with van der Waals surface area (Å²) in [4.78, 5) is 0. The van der Waals surface area contributed by atoms with Gasteiger partial charge in [0.15, 0.2) is 11.5 Å². The van der Waals surface area contributed by atoms with Gasteiger partial charge in [-0.2, -0.15) is 5.10 Å². The van der Waals surface area contributed by atoms with Gasteiger partial charge < -0.3 is 14.8 Å². The van der Waals surface area contributed by atoms with Crippen LogP contribution in [-0.4, -0.2) is 29.0 Å². The number of nitrogens with zero attached hydrogens (tertiary/aromatic N) is 2. The van der Waals surface area contributed by atoms with Gasteiger partial charge in [-0.05, 0) is 25.6 Å². The summed E-state index contributed by atoms with van der Waals surface area (Å²) in [6, 6.07) is 7.81. The molecule has 0 aliphatic carbocycles. The van der Waals surface area contributed by atoms with Crippen molar-refractivity contribution in [1.82, 2.24) is 15.1 Å². The maximum absolute atomic E-state index is 5.95. The average Bonchev–Trinajstić information content (AvgIpc) is 2.91. The predicted molar refractivity (Wildman–Crippen MR) is 89.8 cm³/mol. The maximum Gasteiger partial charge on any atom is 0.161 e. The second-order valence-corrected chi connectivity index (χ2v) is 5.71. The lowest BCUT2D eigenvalue weighted by molar-refractivity contribution is 0.0849. The van der Waals surface area contributed by atoms with Crippen LogP contribution in [0.25, 0.3) is 0 Å². The molecule has 1 unspecified atom stereocenters. The van der Waals surface area contributed by atoms with Crippen LogP contribution >= 0.6 is 0 Å². The molecule has 1 aliphatic heterocycles. The van der Waals surface area contributed by atoms with Gasteiger partial charge in [0, 0.05) is 24.7 Å². The fraction of sp³-hybridized carbons (Fsp3) is 0.389. The minimum Gasteiger partial charge on any atom is -0.486 e. The quantitative estimate of drug-likeness (QED) is 0.631.